The third kappa shape index (κ3) is 3.77. The Hall–Kier alpha value is -3.13. The molecule has 3 aromatic rings. The van der Waals surface area contributed by atoms with Gasteiger partial charge in [-0.2, -0.15) is 0 Å². The number of rotatable bonds is 4. The number of carbonyl (C=O) groups excluding carboxylic acids is 2. The number of aromatic nitrogens is 3. The third-order valence-electron chi connectivity index (χ3n) is 4.59. The summed E-state index contributed by atoms with van der Waals surface area (Å²) in [5.41, 5.74) is 1.01. The lowest BCUT2D eigenvalue weighted by molar-refractivity contribution is -0.119. The predicted molar refractivity (Wildman–Crippen MR) is 107 cm³/mol. The van der Waals surface area contributed by atoms with Gasteiger partial charge in [-0.25, -0.2) is 9.50 Å². The first kappa shape index (κ1) is 18.2. The van der Waals surface area contributed by atoms with Crippen molar-refractivity contribution in [1.82, 2.24) is 19.9 Å². The molecule has 1 aromatic carbocycles. The maximum absolute atomic E-state index is 12.4. The average Bonchev–Trinajstić information content (AvgIpc) is 3.27. The Balaban J connectivity index is 1.50. The van der Waals surface area contributed by atoms with Crippen LogP contribution in [0, 0.1) is 0 Å². The molecule has 1 atom stereocenters. The Morgan fingerprint density at radius 2 is 2.04 bits per heavy atom. The van der Waals surface area contributed by atoms with Crippen molar-refractivity contribution in [2.75, 3.05) is 23.3 Å². The van der Waals surface area contributed by atoms with Crippen LogP contribution in [0.15, 0.2) is 42.6 Å². The highest BCUT2D eigenvalue weighted by atomic mass is 35.5. The van der Waals surface area contributed by atoms with Crippen molar-refractivity contribution in [2.24, 2.45) is 0 Å². The molecule has 4 rings (SSSR count). The molecule has 1 aliphatic rings. The van der Waals surface area contributed by atoms with Crippen LogP contribution in [0.4, 0.5) is 11.6 Å². The van der Waals surface area contributed by atoms with Gasteiger partial charge in [0.25, 0.3) is 5.91 Å². The summed E-state index contributed by atoms with van der Waals surface area (Å²) in [4.78, 5) is 30.1. The van der Waals surface area contributed by atoms with Gasteiger partial charge < -0.3 is 15.5 Å². The topological polar surface area (TPSA) is 91.6 Å². The van der Waals surface area contributed by atoms with E-state index in [0.29, 0.717) is 28.6 Å². The largest absolute Gasteiger partial charge is 0.353 e. The minimum Gasteiger partial charge on any atom is -0.353 e. The number of nitrogens with zero attached hydrogens (tertiary/aromatic N) is 4. The van der Waals surface area contributed by atoms with Gasteiger partial charge in [0.2, 0.25) is 5.91 Å². The summed E-state index contributed by atoms with van der Waals surface area (Å²) < 4.78 is 1.63. The van der Waals surface area contributed by atoms with Crippen molar-refractivity contribution in [3.05, 3.63) is 53.2 Å². The Labute approximate surface area is 166 Å². The predicted octanol–water partition coefficient (Wildman–Crippen LogP) is 2.35. The molecule has 0 spiro atoms. The van der Waals surface area contributed by atoms with E-state index in [1.54, 1.807) is 35.0 Å². The van der Waals surface area contributed by atoms with Crippen LogP contribution in [0.2, 0.25) is 5.02 Å². The molecule has 3 heterocycles. The van der Waals surface area contributed by atoms with Crippen LogP contribution in [0.5, 0.6) is 0 Å². The number of carbonyl (C=O) groups is 2. The standard InChI is InChI=1S/C19H19ClN6O2/c1-12(27)21-13-8-9-25(10-13)18-7-6-17-22-16(11-26(17)24-18)23-19(28)14-4-2-3-5-15(14)20/h2-7,11,13H,8-10H2,1H3,(H,21,27)(H,23,28)/t13-/m1/s1. The Kier molecular flexibility index (Phi) is 4.87. The zero-order valence-electron chi connectivity index (χ0n) is 15.2. The summed E-state index contributed by atoms with van der Waals surface area (Å²) >= 11 is 6.07. The van der Waals surface area contributed by atoms with Crippen molar-refractivity contribution in [1.29, 1.82) is 0 Å². The number of nitrogens with one attached hydrogen (secondary N) is 2. The molecule has 144 valence electrons. The molecule has 0 unspecified atom stereocenters. The average molecular weight is 399 g/mol. The molecule has 2 aromatic heterocycles. The number of benzene rings is 1. The molecule has 1 fully saturated rings. The van der Waals surface area contributed by atoms with E-state index in [1.807, 2.05) is 12.1 Å². The van der Waals surface area contributed by atoms with Crippen molar-refractivity contribution >= 4 is 40.7 Å². The van der Waals surface area contributed by atoms with Crippen molar-refractivity contribution < 1.29 is 9.59 Å². The molecular formula is C19H19ClN6O2. The van der Waals surface area contributed by atoms with Gasteiger partial charge in [-0.05, 0) is 30.7 Å². The van der Waals surface area contributed by atoms with E-state index in [4.69, 9.17) is 11.6 Å². The lowest BCUT2D eigenvalue weighted by atomic mass is 10.2. The molecule has 8 nitrogen and oxygen atoms in total. The maximum Gasteiger partial charge on any atom is 0.258 e. The second kappa shape index (κ2) is 7.47. The molecule has 0 bridgehead atoms. The summed E-state index contributed by atoms with van der Waals surface area (Å²) in [5, 5.41) is 10.6. The van der Waals surface area contributed by atoms with E-state index in [2.05, 4.69) is 25.6 Å². The SMILES string of the molecule is CC(=O)N[C@@H]1CCN(c2ccc3nc(NC(=O)c4ccccc4Cl)cn3n2)C1. The molecule has 0 saturated carbocycles. The zero-order chi connectivity index (χ0) is 19.7. The molecule has 1 aliphatic heterocycles. The van der Waals surface area contributed by atoms with Gasteiger partial charge in [-0.3, -0.25) is 9.59 Å². The van der Waals surface area contributed by atoms with Crippen molar-refractivity contribution in [2.45, 2.75) is 19.4 Å². The smallest absolute Gasteiger partial charge is 0.258 e. The van der Waals surface area contributed by atoms with Crippen LogP contribution < -0.4 is 15.5 Å². The highest BCUT2D eigenvalue weighted by molar-refractivity contribution is 6.34. The normalized spacial score (nSPS) is 16.4. The van der Waals surface area contributed by atoms with Gasteiger partial charge in [0, 0.05) is 26.1 Å². The summed E-state index contributed by atoms with van der Waals surface area (Å²) in [7, 11) is 0. The van der Waals surface area contributed by atoms with E-state index in [0.717, 1.165) is 18.8 Å². The second-order valence-electron chi connectivity index (χ2n) is 6.69. The highest BCUT2D eigenvalue weighted by Crippen LogP contribution is 2.20. The van der Waals surface area contributed by atoms with Gasteiger partial charge in [0.1, 0.15) is 5.82 Å². The molecule has 2 amide bonds. The Morgan fingerprint density at radius 1 is 1.21 bits per heavy atom. The fourth-order valence-electron chi connectivity index (χ4n) is 3.30. The molecule has 2 N–H and O–H groups in total. The van der Waals surface area contributed by atoms with Crippen molar-refractivity contribution in [3.63, 3.8) is 0 Å². The van der Waals surface area contributed by atoms with Gasteiger partial charge >= 0.3 is 0 Å². The molecular weight excluding hydrogens is 380 g/mol. The minimum absolute atomic E-state index is 0.0243. The van der Waals surface area contributed by atoms with Crippen LogP contribution in [-0.4, -0.2) is 45.5 Å². The lowest BCUT2D eigenvalue weighted by Crippen LogP contribution is -2.35. The first-order valence-corrected chi connectivity index (χ1v) is 9.32. The molecule has 1 saturated heterocycles. The molecule has 9 heteroatoms. The van der Waals surface area contributed by atoms with E-state index in [-0.39, 0.29) is 17.9 Å². The Morgan fingerprint density at radius 3 is 2.82 bits per heavy atom. The number of hydrogen-bond acceptors (Lipinski definition) is 5. The van der Waals surface area contributed by atoms with Gasteiger partial charge in [0.05, 0.1) is 16.8 Å². The summed E-state index contributed by atoms with van der Waals surface area (Å²) in [5.74, 6) is 0.838. The fourth-order valence-corrected chi connectivity index (χ4v) is 3.53. The number of imidazole rings is 1. The van der Waals surface area contributed by atoms with Crippen LogP contribution in [0.1, 0.15) is 23.7 Å². The molecule has 0 radical (unpaired) electrons. The highest BCUT2D eigenvalue weighted by Gasteiger charge is 2.24. The van der Waals surface area contributed by atoms with Crippen LogP contribution in [0.25, 0.3) is 5.65 Å². The Bertz CT molecular complexity index is 1050. The van der Waals surface area contributed by atoms with E-state index < -0.39 is 0 Å². The summed E-state index contributed by atoms with van der Waals surface area (Å²) in [6, 6.07) is 10.7. The third-order valence-corrected chi connectivity index (χ3v) is 4.92. The lowest BCUT2D eigenvalue weighted by Gasteiger charge is -2.17. The van der Waals surface area contributed by atoms with Gasteiger partial charge in [-0.15, -0.1) is 5.10 Å². The molecule has 0 aliphatic carbocycles. The van der Waals surface area contributed by atoms with Gasteiger partial charge in [0.15, 0.2) is 11.5 Å². The summed E-state index contributed by atoms with van der Waals surface area (Å²) in [6.07, 6.45) is 2.54. The number of amides is 2. The fraction of sp³-hybridized carbons (Fsp3) is 0.263. The minimum atomic E-state index is -0.327. The number of fused-ring (bicyclic) bond motifs is 1. The van der Waals surface area contributed by atoms with E-state index in [9.17, 15) is 9.59 Å². The summed E-state index contributed by atoms with van der Waals surface area (Å²) in [6.45, 7) is 3.05. The van der Waals surface area contributed by atoms with Crippen LogP contribution >= 0.6 is 11.6 Å². The quantitative estimate of drug-likeness (QED) is 0.703. The van der Waals surface area contributed by atoms with Gasteiger partial charge in [-0.1, -0.05) is 23.7 Å². The monoisotopic (exact) mass is 398 g/mol. The number of anilines is 2. The first-order valence-electron chi connectivity index (χ1n) is 8.94. The first-order chi connectivity index (χ1) is 13.5. The molecule has 28 heavy (non-hydrogen) atoms. The van der Waals surface area contributed by atoms with Crippen molar-refractivity contribution in [3.8, 4) is 0 Å². The van der Waals surface area contributed by atoms with Crippen LogP contribution in [-0.2, 0) is 4.79 Å². The number of halogens is 1. The maximum atomic E-state index is 12.4. The van der Waals surface area contributed by atoms with E-state index >= 15 is 0 Å². The van der Waals surface area contributed by atoms with E-state index in [1.165, 1.54) is 6.92 Å². The second-order valence-corrected chi connectivity index (χ2v) is 7.09. The van der Waals surface area contributed by atoms with Crippen LogP contribution in [0.3, 0.4) is 0 Å². The zero-order valence-corrected chi connectivity index (χ0v) is 16.0. The number of hydrogen-bond donors (Lipinski definition) is 2.